The van der Waals surface area contributed by atoms with Gasteiger partial charge < -0.3 is 4.90 Å². The minimum Gasteiger partial charge on any atom is -0.314 e. The Morgan fingerprint density at radius 2 is 1.33 bits per heavy atom. The lowest BCUT2D eigenvalue weighted by molar-refractivity contribution is 0.799. The first kappa shape index (κ1) is 33.9. The van der Waals surface area contributed by atoms with Crippen molar-refractivity contribution >= 4 is 16.9 Å². The van der Waals surface area contributed by atoms with Crippen molar-refractivity contribution in [3.05, 3.63) is 220 Å². The summed E-state index contributed by atoms with van der Waals surface area (Å²) in [5.74, 6) is 0.321. The van der Waals surface area contributed by atoms with Gasteiger partial charge in [0.2, 0.25) is 0 Å². The molecule has 0 N–H and O–H groups in total. The SMILES string of the molecule is CC1=C(N(c2ccccc2)c2ccc(-c3ccc4c(c3)Cc3cccc(\C5=C(C)/C=C\C=C/CC(c6ccccc6)C6=CCCC=C65)c3-4)cc2)CCC=C1. The molecule has 0 heterocycles. The van der Waals surface area contributed by atoms with Crippen molar-refractivity contribution in [1.82, 2.24) is 0 Å². The number of fused-ring (bicyclic) bond motifs is 4. The van der Waals surface area contributed by atoms with Crippen LogP contribution in [0.25, 0.3) is 27.8 Å². The number of benzene rings is 5. The van der Waals surface area contributed by atoms with Crippen LogP contribution in [-0.2, 0) is 6.42 Å². The number of para-hydroxylation sites is 1. The van der Waals surface area contributed by atoms with Crippen LogP contribution in [0.5, 0.6) is 0 Å². The maximum absolute atomic E-state index is 2.53. The second-order valence-electron chi connectivity index (χ2n) is 15.1. The Kier molecular flexibility index (Phi) is 9.31. The monoisotopic (exact) mass is 697 g/mol. The molecule has 264 valence electrons. The summed E-state index contributed by atoms with van der Waals surface area (Å²) >= 11 is 0. The summed E-state index contributed by atoms with van der Waals surface area (Å²) in [4.78, 5) is 2.44. The van der Waals surface area contributed by atoms with Gasteiger partial charge in [-0.3, -0.25) is 0 Å². The molecule has 9 rings (SSSR count). The van der Waals surface area contributed by atoms with Crippen molar-refractivity contribution in [2.24, 2.45) is 0 Å². The third-order valence-corrected chi connectivity index (χ3v) is 11.7. The minimum absolute atomic E-state index is 0.321. The summed E-state index contributed by atoms with van der Waals surface area (Å²) in [6.45, 7) is 4.54. The maximum atomic E-state index is 2.53. The Labute approximate surface area is 321 Å². The smallest absolute Gasteiger partial charge is 0.0458 e. The Bertz CT molecular complexity index is 2430. The van der Waals surface area contributed by atoms with Gasteiger partial charge in [0.05, 0.1) is 0 Å². The molecule has 1 heteroatoms. The second kappa shape index (κ2) is 14.8. The first-order valence-electron chi connectivity index (χ1n) is 19.7. The van der Waals surface area contributed by atoms with E-state index in [-0.39, 0.29) is 0 Å². The molecule has 1 nitrogen and oxygen atoms in total. The highest BCUT2D eigenvalue weighted by Gasteiger charge is 2.29. The van der Waals surface area contributed by atoms with E-state index >= 15 is 0 Å². The lowest BCUT2D eigenvalue weighted by atomic mass is 9.75. The van der Waals surface area contributed by atoms with Crippen molar-refractivity contribution in [1.29, 1.82) is 0 Å². The highest BCUT2D eigenvalue weighted by atomic mass is 15.1. The van der Waals surface area contributed by atoms with E-state index < -0.39 is 0 Å². The summed E-state index contributed by atoms with van der Waals surface area (Å²) < 4.78 is 0. The number of allylic oxidation sites excluding steroid dienone is 14. The van der Waals surface area contributed by atoms with Gasteiger partial charge in [-0.25, -0.2) is 0 Å². The van der Waals surface area contributed by atoms with E-state index in [4.69, 9.17) is 0 Å². The quantitative estimate of drug-likeness (QED) is 0.167. The molecule has 0 spiro atoms. The van der Waals surface area contributed by atoms with Crippen LogP contribution in [0.3, 0.4) is 0 Å². The van der Waals surface area contributed by atoms with Crippen LogP contribution in [-0.4, -0.2) is 0 Å². The lowest BCUT2D eigenvalue weighted by Gasteiger charge is -2.30. The van der Waals surface area contributed by atoms with Gasteiger partial charge in [-0.15, -0.1) is 0 Å². The standard InChI is InChI=1S/C53H47N/c1-37-17-12-15-28-51(37)54(44-22-9-5-10-23-44)45-32-29-39(30-33-45)41-31-34-47-43(35-41)36-42-21-16-27-50(53(42)47)52-38(2)18-6-3-11-24-46(40-19-7-4-8-20-40)48-25-13-14-26-49(48)52/h3-12,16-23,25-27,29-35,46H,13-15,24,28,36H2,1-2H3/b11-3-,18-6-,52-38-. The van der Waals surface area contributed by atoms with E-state index in [1.807, 2.05) is 0 Å². The van der Waals surface area contributed by atoms with Crippen molar-refractivity contribution in [3.63, 3.8) is 0 Å². The van der Waals surface area contributed by atoms with Crippen LogP contribution >= 0.6 is 0 Å². The van der Waals surface area contributed by atoms with Gasteiger partial charge in [-0.1, -0.05) is 146 Å². The molecule has 1 atom stereocenters. The Morgan fingerprint density at radius 1 is 0.574 bits per heavy atom. The van der Waals surface area contributed by atoms with Gasteiger partial charge in [0.25, 0.3) is 0 Å². The van der Waals surface area contributed by atoms with Crippen LogP contribution in [0, 0.1) is 0 Å². The van der Waals surface area contributed by atoms with Crippen molar-refractivity contribution in [3.8, 4) is 22.3 Å². The van der Waals surface area contributed by atoms with E-state index in [0.29, 0.717) is 5.92 Å². The number of rotatable bonds is 6. The van der Waals surface area contributed by atoms with Gasteiger partial charge in [0.1, 0.15) is 0 Å². The molecule has 0 bridgehead atoms. The van der Waals surface area contributed by atoms with Crippen molar-refractivity contribution in [2.75, 3.05) is 4.90 Å². The van der Waals surface area contributed by atoms with Crippen molar-refractivity contribution < 1.29 is 0 Å². The second-order valence-corrected chi connectivity index (χ2v) is 15.1. The molecular weight excluding hydrogens is 651 g/mol. The van der Waals surface area contributed by atoms with E-state index in [9.17, 15) is 0 Å². The molecule has 5 aromatic carbocycles. The fourth-order valence-corrected chi connectivity index (χ4v) is 9.09. The molecule has 0 radical (unpaired) electrons. The molecule has 0 amide bonds. The summed E-state index contributed by atoms with van der Waals surface area (Å²) in [7, 11) is 0. The summed E-state index contributed by atoms with van der Waals surface area (Å²) in [5, 5.41) is 0. The molecule has 0 saturated carbocycles. The fraction of sp³-hybridized carbons (Fsp3) is 0.170. The minimum atomic E-state index is 0.321. The Morgan fingerprint density at radius 3 is 2.15 bits per heavy atom. The molecule has 5 aromatic rings. The Balaban J connectivity index is 1.08. The van der Waals surface area contributed by atoms with Gasteiger partial charge >= 0.3 is 0 Å². The first-order chi connectivity index (χ1) is 26.6. The van der Waals surface area contributed by atoms with Gasteiger partial charge in [0.15, 0.2) is 0 Å². The zero-order chi connectivity index (χ0) is 36.4. The third-order valence-electron chi connectivity index (χ3n) is 11.7. The van der Waals surface area contributed by atoms with Gasteiger partial charge in [0, 0.05) is 23.0 Å². The molecule has 0 saturated heterocycles. The predicted molar refractivity (Wildman–Crippen MR) is 230 cm³/mol. The van der Waals surface area contributed by atoms with Gasteiger partial charge in [-0.2, -0.15) is 0 Å². The maximum Gasteiger partial charge on any atom is 0.0458 e. The van der Waals surface area contributed by atoms with Crippen LogP contribution in [0.4, 0.5) is 11.4 Å². The summed E-state index contributed by atoms with van der Waals surface area (Å²) in [6, 6.07) is 45.3. The van der Waals surface area contributed by atoms with Crippen molar-refractivity contribution in [2.45, 2.75) is 58.3 Å². The normalized spacial score (nSPS) is 20.3. The van der Waals surface area contributed by atoms with E-state index in [1.165, 1.54) is 89.4 Å². The topological polar surface area (TPSA) is 3.24 Å². The molecular formula is C53H47N. The molecule has 4 aliphatic carbocycles. The number of nitrogens with zero attached hydrogens (tertiary/aromatic N) is 1. The van der Waals surface area contributed by atoms with Crippen LogP contribution in [0.1, 0.15) is 74.1 Å². The third kappa shape index (κ3) is 6.39. The number of hydrogen-bond donors (Lipinski definition) is 0. The average Bonchev–Trinajstić information content (AvgIpc) is 3.60. The largest absolute Gasteiger partial charge is 0.314 e. The molecule has 0 aromatic heterocycles. The zero-order valence-corrected chi connectivity index (χ0v) is 31.4. The average molecular weight is 698 g/mol. The van der Waals surface area contributed by atoms with E-state index in [2.05, 4.69) is 189 Å². The molecule has 4 aliphatic rings. The zero-order valence-electron chi connectivity index (χ0n) is 31.4. The lowest BCUT2D eigenvalue weighted by Crippen LogP contribution is -2.18. The van der Waals surface area contributed by atoms with Crippen LogP contribution in [0.2, 0.25) is 0 Å². The van der Waals surface area contributed by atoms with E-state index in [0.717, 1.165) is 38.5 Å². The summed E-state index contributed by atoms with van der Waals surface area (Å²) in [6.07, 6.45) is 24.9. The molecule has 1 unspecified atom stereocenters. The fourth-order valence-electron chi connectivity index (χ4n) is 9.09. The van der Waals surface area contributed by atoms with Crippen LogP contribution in [0.15, 0.2) is 198 Å². The predicted octanol–water partition coefficient (Wildman–Crippen LogP) is 14.4. The summed E-state index contributed by atoms with van der Waals surface area (Å²) in [5.41, 5.74) is 21.5. The number of hydrogen-bond acceptors (Lipinski definition) is 1. The molecule has 0 fully saturated rings. The number of anilines is 2. The highest BCUT2D eigenvalue weighted by Crippen LogP contribution is 2.49. The molecule has 0 aliphatic heterocycles. The van der Waals surface area contributed by atoms with E-state index in [1.54, 1.807) is 0 Å². The Hall–Kier alpha value is -5.92. The van der Waals surface area contributed by atoms with Crippen LogP contribution < -0.4 is 4.90 Å². The molecule has 54 heavy (non-hydrogen) atoms. The first-order valence-corrected chi connectivity index (χ1v) is 19.7. The van der Waals surface area contributed by atoms with Gasteiger partial charge in [-0.05, 0) is 149 Å². The highest BCUT2D eigenvalue weighted by molar-refractivity contribution is 5.97.